The van der Waals surface area contributed by atoms with Crippen molar-refractivity contribution in [3.8, 4) is 0 Å². The third-order valence-corrected chi connectivity index (χ3v) is 5.72. The van der Waals surface area contributed by atoms with Gasteiger partial charge in [0.1, 0.15) is 5.84 Å². The van der Waals surface area contributed by atoms with Gasteiger partial charge in [-0.15, -0.1) is 0 Å². The number of anilines is 1. The number of nitrogens with one attached hydrogen (secondary N) is 2. The first-order valence-electron chi connectivity index (χ1n) is 8.60. The molecule has 2 aromatic carbocycles. The maximum Gasteiger partial charge on any atom is 0.108 e. The summed E-state index contributed by atoms with van der Waals surface area (Å²) < 4.78 is 1.11. The smallest absolute Gasteiger partial charge is 0.108 e. The normalized spacial score (nSPS) is 20.6. The van der Waals surface area contributed by atoms with E-state index < -0.39 is 0 Å². The highest BCUT2D eigenvalue weighted by atomic mass is 79.9. The number of para-hydroxylation sites is 1. The first kappa shape index (κ1) is 15.9. The van der Waals surface area contributed by atoms with Gasteiger partial charge in [-0.2, -0.15) is 0 Å². The molecule has 4 rings (SSSR count). The number of piperidine rings is 1. The minimum atomic E-state index is 0.162. The average molecular weight is 384 g/mol. The Morgan fingerprint density at radius 1 is 1.00 bits per heavy atom. The summed E-state index contributed by atoms with van der Waals surface area (Å²) in [7, 11) is 0. The monoisotopic (exact) mass is 383 g/mol. The van der Waals surface area contributed by atoms with Crippen LogP contribution in [0.2, 0.25) is 0 Å². The summed E-state index contributed by atoms with van der Waals surface area (Å²) in [6, 6.07) is 17.1. The standard InChI is InChI=1S/C20H22BrN3/c21-17-7-5-15(6-8-17)14-23-19-20(9-11-22-12-10-20)13-16-3-1-2-4-18(16)24-19/h1-8,22H,9-14H2,(H,23,24). The van der Waals surface area contributed by atoms with E-state index in [0.717, 1.165) is 43.4 Å². The molecule has 2 aromatic rings. The predicted octanol–water partition coefficient (Wildman–Crippen LogP) is 4.39. The summed E-state index contributed by atoms with van der Waals surface area (Å²) in [5.41, 5.74) is 4.04. The second kappa shape index (κ2) is 6.69. The Hall–Kier alpha value is -1.65. The zero-order valence-electron chi connectivity index (χ0n) is 13.7. The molecule has 0 aromatic heterocycles. The van der Waals surface area contributed by atoms with Crippen LogP contribution in [-0.2, 0) is 13.0 Å². The van der Waals surface area contributed by atoms with E-state index in [0.29, 0.717) is 0 Å². The van der Waals surface area contributed by atoms with E-state index in [2.05, 4.69) is 75.1 Å². The third-order valence-electron chi connectivity index (χ3n) is 5.20. The molecule has 24 heavy (non-hydrogen) atoms. The van der Waals surface area contributed by atoms with Crippen LogP contribution < -0.4 is 10.6 Å². The van der Waals surface area contributed by atoms with Crippen LogP contribution in [0.5, 0.6) is 0 Å². The Morgan fingerprint density at radius 2 is 1.75 bits per heavy atom. The SMILES string of the molecule is Brc1ccc(CN=C2Nc3ccccc3CC23CCNCC3)cc1. The second-order valence-electron chi connectivity index (χ2n) is 6.78. The highest BCUT2D eigenvalue weighted by Crippen LogP contribution is 2.40. The molecule has 2 aliphatic heterocycles. The van der Waals surface area contributed by atoms with Crippen molar-refractivity contribution >= 4 is 27.5 Å². The molecule has 0 unspecified atom stereocenters. The number of aliphatic imine (C=N–C) groups is 1. The van der Waals surface area contributed by atoms with Gasteiger partial charge in [-0.1, -0.05) is 46.3 Å². The van der Waals surface area contributed by atoms with Crippen molar-refractivity contribution in [1.82, 2.24) is 5.32 Å². The Bertz CT molecular complexity index is 746. The number of hydrogen-bond acceptors (Lipinski definition) is 2. The molecule has 1 spiro atoms. The lowest BCUT2D eigenvalue weighted by Gasteiger charge is -2.42. The van der Waals surface area contributed by atoms with Crippen molar-refractivity contribution in [2.45, 2.75) is 25.8 Å². The molecule has 2 aliphatic rings. The fraction of sp³-hybridized carbons (Fsp3) is 0.350. The first-order chi connectivity index (χ1) is 11.8. The molecule has 1 saturated heterocycles. The van der Waals surface area contributed by atoms with Gasteiger partial charge in [-0.05, 0) is 61.7 Å². The van der Waals surface area contributed by atoms with E-state index in [1.54, 1.807) is 0 Å². The summed E-state index contributed by atoms with van der Waals surface area (Å²) in [6.07, 6.45) is 3.39. The zero-order valence-corrected chi connectivity index (χ0v) is 15.3. The van der Waals surface area contributed by atoms with Crippen LogP contribution in [-0.4, -0.2) is 18.9 Å². The van der Waals surface area contributed by atoms with E-state index in [4.69, 9.17) is 4.99 Å². The first-order valence-corrected chi connectivity index (χ1v) is 9.40. The molecule has 0 aliphatic carbocycles. The molecule has 2 heterocycles. The molecule has 3 nitrogen and oxygen atoms in total. The van der Waals surface area contributed by atoms with E-state index in [-0.39, 0.29) is 5.41 Å². The molecule has 0 amide bonds. The lowest BCUT2D eigenvalue weighted by atomic mass is 9.71. The molecule has 1 fully saturated rings. The lowest BCUT2D eigenvalue weighted by molar-refractivity contribution is 0.293. The summed E-state index contributed by atoms with van der Waals surface area (Å²) in [5.74, 6) is 1.17. The number of rotatable bonds is 2. The highest BCUT2D eigenvalue weighted by Gasteiger charge is 2.40. The minimum Gasteiger partial charge on any atom is -0.343 e. The molecule has 0 bridgehead atoms. The highest BCUT2D eigenvalue weighted by molar-refractivity contribution is 9.10. The Labute approximate surface area is 151 Å². The summed E-state index contributed by atoms with van der Waals surface area (Å²) in [4.78, 5) is 5.02. The fourth-order valence-corrected chi connectivity index (χ4v) is 4.06. The zero-order chi connectivity index (χ0) is 16.4. The maximum absolute atomic E-state index is 5.02. The molecule has 0 saturated carbocycles. The number of benzene rings is 2. The third kappa shape index (κ3) is 3.13. The van der Waals surface area contributed by atoms with Crippen LogP contribution in [0.3, 0.4) is 0 Å². The van der Waals surface area contributed by atoms with Crippen molar-refractivity contribution in [1.29, 1.82) is 0 Å². The van der Waals surface area contributed by atoms with Crippen LogP contribution in [0, 0.1) is 5.41 Å². The second-order valence-corrected chi connectivity index (χ2v) is 7.70. The maximum atomic E-state index is 5.02. The lowest BCUT2D eigenvalue weighted by Crippen LogP contribution is -2.48. The number of hydrogen-bond donors (Lipinski definition) is 2. The van der Waals surface area contributed by atoms with Crippen molar-refractivity contribution in [3.63, 3.8) is 0 Å². The van der Waals surface area contributed by atoms with Crippen LogP contribution >= 0.6 is 15.9 Å². The predicted molar refractivity (Wildman–Crippen MR) is 104 cm³/mol. The van der Waals surface area contributed by atoms with Crippen LogP contribution in [0.4, 0.5) is 5.69 Å². The Balaban J connectivity index is 1.65. The van der Waals surface area contributed by atoms with Crippen molar-refractivity contribution in [3.05, 3.63) is 64.1 Å². The van der Waals surface area contributed by atoms with E-state index in [9.17, 15) is 0 Å². The van der Waals surface area contributed by atoms with E-state index in [1.165, 1.54) is 22.6 Å². The molecular weight excluding hydrogens is 362 g/mol. The van der Waals surface area contributed by atoms with Gasteiger partial charge in [-0.25, -0.2) is 0 Å². The molecule has 0 radical (unpaired) electrons. The number of fused-ring (bicyclic) bond motifs is 1. The van der Waals surface area contributed by atoms with Crippen LogP contribution in [0.15, 0.2) is 58.0 Å². The molecule has 4 heteroatoms. The Kier molecular flexibility index (Phi) is 4.42. The topological polar surface area (TPSA) is 36.4 Å². The van der Waals surface area contributed by atoms with Crippen molar-refractivity contribution < 1.29 is 0 Å². The largest absolute Gasteiger partial charge is 0.343 e. The molecular formula is C20H22BrN3. The number of nitrogens with zero attached hydrogens (tertiary/aromatic N) is 1. The van der Waals surface area contributed by atoms with Gasteiger partial charge in [-0.3, -0.25) is 4.99 Å². The van der Waals surface area contributed by atoms with Gasteiger partial charge in [0.15, 0.2) is 0 Å². The molecule has 2 N–H and O–H groups in total. The van der Waals surface area contributed by atoms with Gasteiger partial charge in [0.05, 0.1) is 6.54 Å². The van der Waals surface area contributed by atoms with Gasteiger partial charge >= 0.3 is 0 Å². The van der Waals surface area contributed by atoms with Gasteiger partial charge < -0.3 is 10.6 Å². The summed E-state index contributed by atoms with van der Waals surface area (Å²) in [5, 5.41) is 7.14. The Morgan fingerprint density at radius 3 is 2.54 bits per heavy atom. The summed E-state index contributed by atoms with van der Waals surface area (Å²) >= 11 is 3.49. The minimum absolute atomic E-state index is 0.162. The van der Waals surface area contributed by atoms with Crippen LogP contribution in [0.1, 0.15) is 24.0 Å². The average Bonchev–Trinajstić information content (AvgIpc) is 2.62. The van der Waals surface area contributed by atoms with E-state index in [1.807, 2.05) is 0 Å². The summed E-state index contributed by atoms with van der Waals surface area (Å²) in [6.45, 7) is 2.87. The van der Waals surface area contributed by atoms with Gasteiger partial charge in [0.2, 0.25) is 0 Å². The van der Waals surface area contributed by atoms with Gasteiger partial charge in [0, 0.05) is 15.6 Å². The van der Waals surface area contributed by atoms with Crippen molar-refractivity contribution in [2.75, 3.05) is 18.4 Å². The quantitative estimate of drug-likeness (QED) is 0.806. The number of halogens is 1. The molecule has 0 atom stereocenters. The fourth-order valence-electron chi connectivity index (χ4n) is 3.79. The van der Waals surface area contributed by atoms with Crippen molar-refractivity contribution in [2.24, 2.45) is 10.4 Å². The van der Waals surface area contributed by atoms with Crippen LogP contribution in [0.25, 0.3) is 0 Å². The number of amidine groups is 1. The van der Waals surface area contributed by atoms with E-state index >= 15 is 0 Å². The molecule has 124 valence electrons. The van der Waals surface area contributed by atoms with Gasteiger partial charge in [0.25, 0.3) is 0 Å².